The Kier molecular flexibility index (Phi) is 6.27. The third kappa shape index (κ3) is 4.47. The Balaban J connectivity index is 1.18. The highest BCUT2D eigenvalue weighted by molar-refractivity contribution is 6.19. The van der Waals surface area contributed by atoms with Gasteiger partial charge in [0.2, 0.25) is 5.95 Å². The van der Waals surface area contributed by atoms with Gasteiger partial charge >= 0.3 is 0 Å². The molecule has 4 aromatic heterocycles. The fourth-order valence-electron chi connectivity index (χ4n) is 8.57. The van der Waals surface area contributed by atoms with Gasteiger partial charge in [-0.3, -0.25) is 4.57 Å². The van der Waals surface area contributed by atoms with E-state index in [-0.39, 0.29) is 0 Å². The monoisotopic (exact) mass is 702 g/mol. The molecule has 0 atom stereocenters. The normalized spacial score (nSPS) is 12.0. The maximum atomic E-state index is 6.73. The summed E-state index contributed by atoms with van der Waals surface area (Å²) in [4.78, 5) is 10.9. The Bertz CT molecular complexity index is 3470. The zero-order chi connectivity index (χ0) is 36.0. The van der Waals surface area contributed by atoms with E-state index in [4.69, 9.17) is 14.4 Å². The summed E-state index contributed by atoms with van der Waals surface area (Å²) in [5, 5.41) is 7.95. The SMILES string of the molecule is c1ccc(-c2ccc(-c3nc(-n4c5ccccc5c5cc6c7ccccc7n(-c7ccccc7)c6cc54)nc4c3oc3cc5ccccc5cc34)cc2)cc1. The molecule has 0 fully saturated rings. The van der Waals surface area contributed by atoms with Crippen LogP contribution >= 0.6 is 0 Å². The molecule has 5 nitrogen and oxygen atoms in total. The molecular weight excluding hydrogens is 673 g/mol. The van der Waals surface area contributed by atoms with Crippen LogP contribution in [-0.4, -0.2) is 19.1 Å². The van der Waals surface area contributed by atoms with Gasteiger partial charge in [0.25, 0.3) is 0 Å². The molecule has 0 aliphatic rings. The van der Waals surface area contributed by atoms with Gasteiger partial charge in [0, 0.05) is 38.2 Å². The van der Waals surface area contributed by atoms with E-state index in [1.807, 2.05) is 6.07 Å². The molecule has 12 aromatic rings. The molecule has 55 heavy (non-hydrogen) atoms. The van der Waals surface area contributed by atoms with Gasteiger partial charge in [-0.25, -0.2) is 9.97 Å². The topological polar surface area (TPSA) is 48.8 Å². The number of furan rings is 1. The lowest BCUT2D eigenvalue weighted by molar-refractivity contribution is 0.667. The van der Waals surface area contributed by atoms with Crippen LogP contribution in [0.5, 0.6) is 0 Å². The summed E-state index contributed by atoms with van der Waals surface area (Å²) < 4.78 is 11.3. The average Bonchev–Trinajstić information content (AvgIpc) is 3.89. The zero-order valence-electron chi connectivity index (χ0n) is 29.5. The van der Waals surface area contributed by atoms with Gasteiger partial charge in [-0.05, 0) is 70.4 Å². The largest absolute Gasteiger partial charge is 0.452 e. The predicted octanol–water partition coefficient (Wildman–Crippen LogP) is 13.1. The quantitative estimate of drug-likeness (QED) is 0.183. The van der Waals surface area contributed by atoms with Crippen LogP contribution in [-0.2, 0) is 0 Å². The lowest BCUT2D eigenvalue weighted by Gasteiger charge is -2.11. The van der Waals surface area contributed by atoms with E-state index in [0.717, 1.165) is 77.1 Å². The summed E-state index contributed by atoms with van der Waals surface area (Å²) in [6, 6.07) is 64.3. The summed E-state index contributed by atoms with van der Waals surface area (Å²) in [7, 11) is 0. The van der Waals surface area contributed by atoms with E-state index in [9.17, 15) is 0 Å². The van der Waals surface area contributed by atoms with Gasteiger partial charge in [0.05, 0.1) is 22.1 Å². The molecule has 256 valence electrons. The highest BCUT2D eigenvalue weighted by Gasteiger charge is 2.23. The second kappa shape index (κ2) is 11.5. The summed E-state index contributed by atoms with van der Waals surface area (Å²) in [6.45, 7) is 0. The molecule has 0 aliphatic heterocycles. The molecule has 0 N–H and O–H groups in total. The van der Waals surface area contributed by atoms with Crippen molar-refractivity contribution in [2.45, 2.75) is 0 Å². The van der Waals surface area contributed by atoms with E-state index in [2.05, 4.69) is 185 Å². The average molecular weight is 703 g/mol. The fourth-order valence-corrected chi connectivity index (χ4v) is 8.57. The van der Waals surface area contributed by atoms with E-state index in [1.165, 1.54) is 21.9 Å². The minimum atomic E-state index is 0.596. The van der Waals surface area contributed by atoms with Gasteiger partial charge in [-0.2, -0.15) is 0 Å². The molecule has 0 spiro atoms. The highest BCUT2D eigenvalue weighted by Crippen LogP contribution is 2.41. The van der Waals surface area contributed by atoms with Crippen LogP contribution in [0.3, 0.4) is 0 Å². The van der Waals surface area contributed by atoms with E-state index >= 15 is 0 Å². The molecular formula is C50H30N4O. The van der Waals surface area contributed by atoms with Crippen LogP contribution in [0.25, 0.3) is 110 Å². The van der Waals surface area contributed by atoms with Crippen LogP contribution in [0.1, 0.15) is 0 Å². The molecule has 0 saturated carbocycles. The Morgan fingerprint density at radius 2 is 0.945 bits per heavy atom. The van der Waals surface area contributed by atoms with Crippen molar-refractivity contribution in [1.29, 1.82) is 0 Å². The number of fused-ring (bicyclic) bond motifs is 10. The Labute approximate surface area is 315 Å². The highest BCUT2D eigenvalue weighted by atomic mass is 16.3. The van der Waals surface area contributed by atoms with Crippen molar-refractivity contribution in [3.8, 4) is 34.0 Å². The molecule has 0 radical (unpaired) electrons. The van der Waals surface area contributed by atoms with Crippen LogP contribution < -0.4 is 0 Å². The van der Waals surface area contributed by atoms with Crippen molar-refractivity contribution in [2.24, 2.45) is 0 Å². The second-order valence-corrected chi connectivity index (χ2v) is 14.2. The first-order valence-corrected chi connectivity index (χ1v) is 18.6. The number of hydrogen-bond acceptors (Lipinski definition) is 3. The molecule has 12 rings (SSSR count). The van der Waals surface area contributed by atoms with E-state index in [0.29, 0.717) is 11.5 Å². The van der Waals surface area contributed by atoms with Crippen molar-refractivity contribution in [1.82, 2.24) is 19.1 Å². The van der Waals surface area contributed by atoms with Crippen molar-refractivity contribution in [3.05, 3.63) is 182 Å². The lowest BCUT2D eigenvalue weighted by Crippen LogP contribution is -2.03. The standard InChI is InChI=1S/C50H30N4O/c1-3-13-31(14-4-1)32-23-25-33(26-24-32)47-49-48(41-27-34-15-7-8-16-35(34)28-46(41)55-49)52-50(51-47)54-43-22-12-10-20-38(43)40-29-39-37-19-9-11-21-42(37)53(44(39)30-45(40)54)36-17-5-2-6-18-36/h1-30H. The molecule has 0 aliphatic carbocycles. The summed E-state index contributed by atoms with van der Waals surface area (Å²) in [6.07, 6.45) is 0. The predicted molar refractivity (Wildman–Crippen MR) is 226 cm³/mol. The molecule has 5 heteroatoms. The zero-order valence-corrected chi connectivity index (χ0v) is 29.5. The first-order chi connectivity index (χ1) is 27.3. The van der Waals surface area contributed by atoms with Crippen LogP contribution in [0.15, 0.2) is 186 Å². The Hall–Kier alpha value is -7.50. The third-order valence-corrected chi connectivity index (χ3v) is 11.1. The van der Waals surface area contributed by atoms with Crippen molar-refractivity contribution in [2.75, 3.05) is 0 Å². The van der Waals surface area contributed by atoms with Crippen LogP contribution in [0, 0.1) is 0 Å². The molecule has 0 amide bonds. The summed E-state index contributed by atoms with van der Waals surface area (Å²) >= 11 is 0. The number of benzene rings is 8. The molecule has 0 unspecified atom stereocenters. The molecule has 0 saturated heterocycles. The van der Waals surface area contributed by atoms with Gasteiger partial charge in [-0.15, -0.1) is 0 Å². The van der Waals surface area contributed by atoms with Gasteiger partial charge in [-0.1, -0.05) is 133 Å². The number of hydrogen-bond donors (Lipinski definition) is 0. The smallest absolute Gasteiger partial charge is 0.236 e. The van der Waals surface area contributed by atoms with Gasteiger partial charge in [0.1, 0.15) is 16.8 Å². The fraction of sp³-hybridized carbons (Fsp3) is 0. The van der Waals surface area contributed by atoms with Gasteiger partial charge < -0.3 is 8.98 Å². The first kappa shape index (κ1) is 30.0. The van der Waals surface area contributed by atoms with Crippen molar-refractivity contribution < 1.29 is 4.42 Å². The number of nitrogens with zero attached hydrogens (tertiary/aromatic N) is 4. The van der Waals surface area contributed by atoms with Gasteiger partial charge in [0.15, 0.2) is 5.58 Å². The number of rotatable bonds is 4. The van der Waals surface area contributed by atoms with E-state index < -0.39 is 0 Å². The maximum Gasteiger partial charge on any atom is 0.236 e. The minimum Gasteiger partial charge on any atom is -0.452 e. The van der Waals surface area contributed by atoms with Crippen LogP contribution in [0.4, 0.5) is 0 Å². The Morgan fingerprint density at radius 1 is 0.382 bits per heavy atom. The summed E-state index contributed by atoms with van der Waals surface area (Å²) in [5.74, 6) is 0.596. The number of aromatic nitrogens is 4. The third-order valence-electron chi connectivity index (χ3n) is 11.1. The molecule has 4 heterocycles. The van der Waals surface area contributed by atoms with E-state index in [1.54, 1.807) is 0 Å². The minimum absolute atomic E-state index is 0.596. The Morgan fingerprint density at radius 3 is 1.67 bits per heavy atom. The first-order valence-electron chi connectivity index (χ1n) is 18.6. The molecule has 0 bridgehead atoms. The van der Waals surface area contributed by atoms with Crippen LogP contribution in [0.2, 0.25) is 0 Å². The molecule has 8 aromatic carbocycles. The number of para-hydroxylation sites is 3. The second-order valence-electron chi connectivity index (χ2n) is 14.2. The van der Waals surface area contributed by atoms with Crippen molar-refractivity contribution >= 4 is 76.5 Å². The van der Waals surface area contributed by atoms with Crippen molar-refractivity contribution in [3.63, 3.8) is 0 Å². The lowest BCUT2D eigenvalue weighted by atomic mass is 10.0. The summed E-state index contributed by atoms with van der Waals surface area (Å²) in [5.41, 5.74) is 11.8. The maximum absolute atomic E-state index is 6.73.